The average molecular weight is 417 g/mol. The number of benzene rings is 2. The fourth-order valence-corrected chi connectivity index (χ4v) is 4.00. The van der Waals surface area contributed by atoms with Gasteiger partial charge in [-0.3, -0.25) is 0 Å². The van der Waals surface area contributed by atoms with Crippen LogP contribution in [0.4, 0.5) is 4.39 Å². The summed E-state index contributed by atoms with van der Waals surface area (Å²) in [5, 5.41) is 12.2. The number of hydrogen-bond acceptors (Lipinski definition) is 2. The molecule has 0 spiro atoms. The fourth-order valence-electron chi connectivity index (χ4n) is 2.25. The lowest BCUT2D eigenvalue weighted by molar-refractivity contribution is 0.475. The molecule has 0 aliphatic rings. The Morgan fingerprint density at radius 3 is 2.57 bits per heavy atom. The highest BCUT2D eigenvalue weighted by atomic mass is 127. The minimum absolute atomic E-state index is 0.221. The van der Waals surface area contributed by atoms with E-state index in [0.717, 1.165) is 27.3 Å². The van der Waals surface area contributed by atoms with Gasteiger partial charge in [-0.05, 0) is 61.1 Å². The van der Waals surface area contributed by atoms with E-state index in [4.69, 9.17) is 0 Å². The molecule has 112 valence electrons. The lowest BCUT2D eigenvalue weighted by Crippen LogP contribution is -2.15. The van der Waals surface area contributed by atoms with Crippen molar-refractivity contribution in [1.29, 1.82) is 0 Å². The third-order valence-electron chi connectivity index (χ3n) is 3.17. The lowest BCUT2D eigenvalue weighted by Gasteiger charge is -2.15. The highest BCUT2D eigenvalue weighted by Crippen LogP contribution is 2.25. The Bertz CT molecular complexity index is 661. The Kier molecular flexibility index (Phi) is 5.58. The Labute approximate surface area is 140 Å². The summed E-state index contributed by atoms with van der Waals surface area (Å²) < 4.78 is 15.5. The van der Waals surface area contributed by atoms with Gasteiger partial charge in [0.05, 0.1) is 0 Å². The molecule has 0 aromatic heterocycles. The Balaban J connectivity index is 2.40. The van der Waals surface area contributed by atoms with E-state index in [1.54, 1.807) is 6.07 Å². The third kappa shape index (κ3) is 4.38. The van der Waals surface area contributed by atoms with Crippen molar-refractivity contribution in [3.63, 3.8) is 0 Å². The van der Waals surface area contributed by atoms with Crippen LogP contribution in [-0.2, 0) is 6.54 Å². The summed E-state index contributed by atoms with van der Waals surface area (Å²) in [5.41, 5.74) is 2.97. The van der Waals surface area contributed by atoms with E-state index >= 15 is 0 Å². The van der Waals surface area contributed by atoms with Crippen molar-refractivity contribution in [1.82, 2.24) is 3.11 Å². The predicted octanol–water partition coefficient (Wildman–Crippen LogP) is 3.56. The van der Waals surface area contributed by atoms with Crippen molar-refractivity contribution in [2.75, 3.05) is 7.05 Å². The van der Waals surface area contributed by atoms with Crippen LogP contribution >= 0.6 is 31.4 Å². The summed E-state index contributed by atoms with van der Waals surface area (Å²) in [4.78, 5) is 0. The smallest absolute Gasteiger partial charge is 0.126 e. The molecule has 0 bridgehead atoms. The van der Waals surface area contributed by atoms with Gasteiger partial charge < -0.3 is 5.11 Å². The monoisotopic (exact) mass is 417 g/mol. The second-order valence-electron chi connectivity index (χ2n) is 5.17. The largest absolute Gasteiger partial charge is 0.507 e. The van der Waals surface area contributed by atoms with Crippen molar-refractivity contribution >= 4 is 42.1 Å². The van der Waals surface area contributed by atoms with Gasteiger partial charge in [0.1, 0.15) is 11.6 Å². The highest BCUT2D eigenvalue weighted by Gasteiger charge is 2.11. The van der Waals surface area contributed by atoms with Crippen molar-refractivity contribution in [3.8, 4) is 5.75 Å². The average Bonchev–Trinajstić information content (AvgIpc) is 2.37. The summed E-state index contributed by atoms with van der Waals surface area (Å²) >= 11 is 2.19. The zero-order valence-corrected chi connectivity index (χ0v) is 15.4. The van der Waals surface area contributed by atoms with Crippen LogP contribution in [0.1, 0.15) is 16.7 Å². The summed E-state index contributed by atoms with van der Waals surface area (Å²) in [6, 6.07) is 8.85. The third-order valence-corrected chi connectivity index (χ3v) is 4.92. The van der Waals surface area contributed by atoms with Crippen LogP contribution in [0.25, 0.3) is 0 Å². The molecule has 2 aromatic rings. The molecule has 1 atom stereocenters. The van der Waals surface area contributed by atoms with Crippen molar-refractivity contribution in [2.45, 2.75) is 20.4 Å². The van der Waals surface area contributed by atoms with Gasteiger partial charge in [0.2, 0.25) is 0 Å². The van der Waals surface area contributed by atoms with Gasteiger partial charge in [-0.2, -0.15) is 0 Å². The van der Waals surface area contributed by atoms with Crippen LogP contribution in [0, 0.1) is 19.7 Å². The van der Waals surface area contributed by atoms with Gasteiger partial charge >= 0.3 is 0 Å². The molecule has 0 radical (unpaired) electrons. The second kappa shape index (κ2) is 7.03. The van der Waals surface area contributed by atoms with Crippen molar-refractivity contribution in [3.05, 3.63) is 52.8 Å². The molecular formula is C16H18FINOP. The number of hydrogen-bond donors (Lipinski definition) is 1. The van der Waals surface area contributed by atoms with Gasteiger partial charge in [0.15, 0.2) is 0 Å². The first-order valence-corrected chi connectivity index (χ1v) is 8.56. The second-order valence-corrected chi connectivity index (χ2v) is 8.14. The van der Waals surface area contributed by atoms with Crippen LogP contribution < -0.4 is 10.6 Å². The van der Waals surface area contributed by atoms with Crippen LogP contribution in [0.2, 0.25) is 0 Å². The number of phenols is 1. The molecule has 2 aromatic carbocycles. The maximum Gasteiger partial charge on any atom is 0.126 e. The molecule has 1 N–H and O–H groups in total. The number of aromatic hydroxyl groups is 1. The van der Waals surface area contributed by atoms with Gasteiger partial charge in [0, 0.05) is 34.7 Å². The van der Waals surface area contributed by atoms with Crippen molar-refractivity contribution < 1.29 is 9.50 Å². The fraction of sp³-hybridized carbons (Fsp3) is 0.250. The first-order valence-electron chi connectivity index (χ1n) is 6.59. The lowest BCUT2D eigenvalue weighted by atomic mass is 10.1. The molecule has 2 nitrogen and oxygen atoms in total. The van der Waals surface area contributed by atoms with E-state index in [1.807, 2.05) is 42.2 Å². The van der Waals surface area contributed by atoms with Gasteiger partial charge in [0.25, 0.3) is 0 Å². The number of aryl methyl sites for hydroxylation is 2. The molecule has 0 saturated heterocycles. The molecule has 0 heterocycles. The summed E-state index contributed by atoms with van der Waals surface area (Å²) in [5.74, 6) is 0.124. The Morgan fingerprint density at radius 2 is 1.90 bits per heavy atom. The minimum atomic E-state index is -0.221. The highest BCUT2D eigenvalue weighted by molar-refractivity contribution is 14.1. The first kappa shape index (κ1) is 16.7. The maximum absolute atomic E-state index is 13.5. The summed E-state index contributed by atoms with van der Waals surface area (Å²) in [6.07, 6.45) is 0. The molecule has 0 saturated carbocycles. The van der Waals surface area contributed by atoms with Gasteiger partial charge in [-0.1, -0.05) is 20.7 Å². The zero-order valence-electron chi connectivity index (χ0n) is 12.2. The zero-order chi connectivity index (χ0) is 15.6. The summed E-state index contributed by atoms with van der Waals surface area (Å²) in [6.45, 7) is 4.59. The number of nitrogens with zero attached hydrogens (tertiary/aromatic N) is 1. The molecule has 21 heavy (non-hydrogen) atoms. The van der Waals surface area contributed by atoms with E-state index in [0.29, 0.717) is 20.9 Å². The molecule has 0 fully saturated rings. The SMILES string of the molecule is Cc1cc(C)c(O)c(Pc2ccc(F)cc2CN(C)I)c1. The van der Waals surface area contributed by atoms with E-state index in [-0.39, 0.29) is 5.82 Å². The molecule has 0 aliphatic heterocycles. The minimum Gasteiger partial charge on any atom is -0.507 e. The molecule has 2 rings (SSSR count). The topological polar surface area (TPSA) is 23.5 Å². The van der Waals surface area contributed by atoms with Crippen LogP contribution in [-0.4, -0.2) is 15.3 Å². The van der Waals surface area contributed by atoms with Crippen molar-refractivity contribution in [2.24, 2.45) is 0 Å². The molecule has 1 unspecified atom stereocenters. The van der Waals surface area contributed by atoms with E-state index in [9.17, 15) is 9.50 Å². The van der Waals surface area contributed by atoms with E-state index < -0.39 is 0 Å². The first-order chi connectivity index (χ1) is 9.86. The van der Waals surface area contributed by atoms with Crippen LogP contribution in [0.5, 0.6) is 5.75 Å². The van der Waals surface area contributed by atoms with Gasteiger partial charge in [-0.25, -0.2) is 7.50 Å². The number of phenolic OH excluding ortho intramolecular Hbond substituents is 1. The quantitative estimate of drug-likeness (QED) is 0.468. The van der Waals surface area contributed by atoms with E-state index in [2.05, 4.69) is 22.9 Å². The molecular weight excluding hydrogens is 399 g/mol. The Hall–Kier alpha value is -0.710. The Morgan fingerprint density at radius 1 is 1.19 bits per heavy atom. The molecule has 0 aliphatic carbocycles. The van der Waals surface area contributed by atoms with E-state index in [1.165, 1.54) is 6.07 Å². The number of rotatable bonds is 4. The van der Waals surface area contributed by atoms with Crippen LogP contribution in [0.15, 0.2) is 30.3 Å². The molecule has 0 amide bonds. The normalized spacial score (nSPS) is 11.7. The van der Waals surface area contributed by atoms with Crippen LogP contribution in [0.3, 0.4) is 0 Å². The molecule has 5 heteroatoms. The maximum atomic E-state index is 13.5. The standard InChI is InChI=1S/C16H18FINOP/c1-10-6-11(2)16(20)15(7-10)21-14-5-4-13(17)8-12(14)9-19(3)18/h4-8,20-21H,9H2,1-3H3. The predicted molar refractivity (Wildman–Crippen MR) is 97.1 cm³/mol. The van der Waals surface area contributed by atoms with Gasteiger partial charge in [-0.15, -0.1) is 0 Å². The summed E-state index contributed by atoms with van der Waals surface area (Å²) in [7, 11) is 2.27. The number of halogens is 2.